The summed E-state index contributed by atoms with van der Waals surface area (Å²) in [7, 11) is 0. The zero-order valence-corrected chi connectivity index (χ0v) is 13.6. The smallest absolute Gasteiger partial charge is 0.323 e. The fraction of sp³-hybridized carbons (Fsp3) is 0. The molecule has 0 aliphatic rings. The molecule has 2 aromatic carbocycles. The Morgan fingerprint density at radius 2 is 1.17 bits per heavy atom. The lowest BCUT2D eigenvalue weighted by Gasteiger charge is -2.20. The first-order valence-corrected chi connectivity index (χ1v) is 7.34. The molecular weight excluding hydrogens is 454 g/mol. The van der Waals surface area contributed by atoms with Crippen molar-refractivity contribution in [3.8, 4) is 0 Å². The second-order valence-electron chi connectivity index (χ2n) is 3.63. The minimum atomic E-state index is -0.489. The molecule has 5 heteroatoms. The molecule has 0 saturated heterocycles. The number of anilines is 2. The molecule has 0 fully saturated rings. The molecule has 92 valence electrons. The van der Waals surface area contributed by atoms with Crippen LogP contribution < -0.4 is 10.6 Å². The maximum absolute atomic E-state index is 11.6. The van der Waals surface area contributed by atoms with Gasteiger partial charge in [-0.3, -0.25) is 4.90 Å². The first kappa shape index (κ1) is 13.6. The highest BCUT2D eigenvalue weighted by molar-refractivity contribution is 14.1. The van der Waals surface area contributed by atoms with Crippen molar-refractivity contribution < 1.29 is 4.79 Å². The van der Waals surface area contributed by atoms with Crippen molar-refractivity contribution in [1.29, 1.82) is 0 Å². The van der Waals surface area contributed by atoms with E-state index in [1.165, 1.54) is 4.90 Å². The molecule has 0 aliphatic carbocycles. The normalized spacial score (nSPS) is 10.1. The fourth-order valence-electron chi connectivity index (χ4n) is 1.58. The highest BCUT2D eigenvalue weighted by Gasteiger charge is 2.14. The topological polar surface area (TPSA) is 46.3 Å². The summed E-state index contributed by atoms with van der Waals surface area (Å²) in [6.07, 6.45) is 0. The number of carbonyl (C=O) groups is 1. The zero-order valence-electron chi connectivity index (χ0n) is 9.31. The molecule has 0 unspecified atom stereocenters. The van der Waals surface area contributed by atoms with Crippen molar-refractivity contribution in [2.45, 2.75) is 0 Å². The highest BCUT2D eigenvalue weighted by Crippen LogP contribution is 2.26. The van der Waals surface area contributed by atoms with E-state index >= 15 is 0 Å². The van der Waals surface area contributed by atoms with Crippen LogP contribution in [-0.4, -0.2) is 6.03 Å². The van der Waals surface area contributed by atoms with E-state index < -0.39 is 6.03 Å². The molecule has 2 rings (SSSR count). The quantitative estimate of drug-likeness (QED) is 0.669. The van der Waals surface area contributed by atoms with E-state index in [0.29, 0.717) is 0 Å². The van der Waals surface area contributed by atoms with Gasteiger partial charge in [0, 0.05) is 7.14 Å². The number of halogens is 2. The molecule has 0 heterocycles. The lowest BCUT2D eigenvalue weighted by atomic mass is 10.2. The second kappa shape index (κ2) is 5.87. The van der Waals surface area contributed by atoms with E-state index in [2.05, 4.69) is 45.2 Å². The van der Waals surface area contributed by atoms with Crippen molar-refractivity contribution in [3.05, 3.63) is 55.7 Å². The molecule has 0 bridgehead atoms. The molecule has 18 heavy (non-hydrogen) atoms. The number of rotatable bonds is 2. The van der Waals surface area contributed by atoms with Gasteiger partial charge >= 0.3 is 6.03 Å². The summed E-state index contributed by atoms with van der Waals surface area (Å²) < 4.78 is 2.23. The summed E-state index contributed by atoms with van der Waals surface area (Å²) in [4.78, 5) is 13.1. The summed E-state index contributed by atoms with van der Waals surface area (Å²) in [6.45, 7) is 0. The minimum absolute atomic E-state index is 0.489. The number of primary amides is 1. The minimum Gasteiger partial charge on any atom is -0.351 e. The van der Waals surface area contributed by atoms with Gasteiger partial charge in [-0.25, -0.2) is 4.79 Å². The molecule has 0 saturated carbocycles. The van der Waals surface area contributed by atoms with E-state index in [0.717, 1.165) is 18.5 Å². The van der Waals surface area contributed by atoms with Gasteiger partial charge in [0.2, 0.25) is 0 Å². The number of nitrogens with zero attached hydrogens (tertiary/aromatic N) is 1. The number of benzene rings is 2. The molecule has 2 aromatic rings. The first-order valence-electron chi connectivity index (χ1n) is 5.18. The van der Waals surface area contributed by atoms with Gasteiger partial charge in [-0.05, 0) is 93.7 Å². The Hall–Kier alpha value is -0.830. The molecule has 2 amide bonds. The summed E-state index contributed by atoms with van der Waals surface area (Å²) in [6, 6.07) is 14.8. The van der Waals surface area contributed by atoms with Crippen LogP contribution in [0, 0.1) is 7.14 Å². The van der Waals surface area contributed by atoms with Gasteiger partial charge in [-0.2, -0.15) is 0 Å². The first-order chi connectivity index (χ1) is 8.58. The van der Waals surface area contributed by atoms with Crippen LogP contribution in [-0.2, 0) is 0 Å². The predicted octanol–water partition coefficient (Wildman–Crippen LogP) is 4.11. The van der Waals surface area contributed by atoms with E-state index in [1.54, 1.807) is 0 Å². The van der Waals surface area contributed by atoms with Gasteiger partial charge in [0.25, 0.3) is 0 Å². The zero-order chi connectivity index (χ0) is 13.1. The number of urea groups is 1. The molecule has 0 atom stereocenters. The maximum atomic E-state index is 11.6. The Bertz CT molecular complexity index is 507. The van der Waals surface area contributed by atoms with Crippen LogP contribution in [0.15, 0.2) is 48.5 Å². The van der Waals surface area contributed by atoms with E-state index in [-0.39, 0.29) is 0 Å². The predicted molar refractivity (Wildman–Crippen MR) is 90.0 cm³/mol. The second-order valence-corrected chi connectivity index (χ2v) is 6.12. The van der Waals surface area contributed by atoms with Crippen molar-refractivity contribution in [1.82, 2.24) is 0 Å². The van der Waals surface area contributed by atoms with Gasteiger partial charge in [-0.15, -0.1) is 0 Å². The van der Waals surface area contributed by atoms with Gasteiger partial charge in [-0.1, -0.05) is 0 Å². The fourth-order valence-corrected chi connectivity index (χ4v) is 2.30. The van der Waals surface area contributed by atoms with Crippen LogP contribution in [0.3, 0.4) is 0 Å². The Morgan fingerprint density at radius 3 is 1.44 bits per heavy atom. The average Bonchev–Trinajstić information content (AvgIpc) is 2.34. The lowest BCUT2D eigenvalue weighted by molar-refractivity contribution is 0.256. The molecule has 3 nitrogen and oxygen atoms in total. The highest BCUT2D eigenvalue weighted by atomic mass is 127. The van der Waals surface area contributed by atoms with Crippen molar-refractivity contribution >= 4 is 62.6 Å². The monoisotopic (exact) mass is 464 g/mol. The SMILES string of the molecule is NC(=O)N(c1ccc(I)cc1)c1ccc(I)cc1. The Morgan fingerprint density at radius 1 is 0.833 bits per heavy atom. The Balaban J connectivity index is 2.43. The molecule has 0 aliphatic heterocycles. The molecule has 0 radical (unpaired) electrons. The van der Waals surface area contributed by atoms with Crippen LogP contribution in [0.2, 0.25) is 0 Å². The molecule has 0 aromatic heterocycles. The number of hydrogen-bond donors (Lipinski definition) is 1. The summed E-state index contributed by atoms with van der Waals surface area (Å²) >= 11 is 4.44. The van der Waals surface area contributed by atoms with Gasteiger partial charge < -0.3 is 5.73 Å². The van der Waals surface area contributed by atoms with Gasteiger partial charge in [0.05, 0.1) is 11.4 Å². The van der Waals surface area contributed by atoms with Gasteiger partial charge in [0.1, 0.15) is 0 Å². The number of amides is 2. The Labute approximate surface area is 133 Å². The molecule has 0 spiro atoms. The van der Waals surface area contributed by atoms with Crippen LogP contribution in [0.5, 0.6) is 0 Å². The van der Waals surface area contributed by atoms with E-state index in [1.807, 2.05) is 48.5 Å². The third-order valence-electron chi connectivity index (χ3n) is 2.39. The van der Waals surface area contributed by atoms with Crippen molar-refractivity contribution in [2.24, 2.45) is 5.73 Å². The van der Waals surface area contributed by atoms with Crippen LogP contribution in [0.1, 0.15) is 0 Å². The van der Waals surface area contributed by atoms with E-state index in [4.69, 9.17) is 5.73 Å². The lowest BCUT2D eigenvalue weighted by Crippen LogP contribution is -2.31. The molecule has 2 N–H and O–H groups in total. The van der Waals surface area contributed by atoms with E-state index in [9.17, 15) is 4.79 Å². The summed E-state index contributed by atoms with van der Waals surface area (Å²) in [5.74, 6) is 0. The van der Waals surface area contributed by atoms with Crippen LogP contribution in [0.25, 0.3) is 0 Å². The van der Waals surface area contributed by atoms with Crippen molar-refractivity contribution in [2.75, 3.05) is 4.90 Å². The average molecular weight is 464 g/mol. The van der Waals surface area contributed by atoms with Crippen LogP contribution >= 0.6 is 45.2 Å². The molecular formula is C13H10I2N2O. The number of hydrogen-bond acceptors (Lipinski definition) is 1. The standard InChI is InChI=1S/C13H10I2N2O/c14-9-1-5-11(6-2-9)17(13(16)18)12-7-3-10(15)4-8-12/h1-8H,(H2,16,18). The maximum Gasteiger partial charge on any atom is 0.323 e. The Kier molecular flexibility index (Phi) is 4.44. The third-order valence-corrected chi connectivity index (χ3v) is 3.83. The van der Waals surface area contributed by atoms with Gasteiger partial charge in [0.15, 0.2) is 0 Å². The summed E-state index contributed by atoms with van der Waals surface area (Å²) in [5.41, 5.74) is 7.00. The third kappa shape index (κ3) is 3.14. The van der Waals surface area contributed by atoms with Crippen LogP contribution in [0.4, 0.5) is 16.2 Å². The number of nitrogens with two attached hydrogens (primary N) is 1. The number of carbonyl (C=O) groups excluding carboxylic acids is 1. The summed E-state index contributed by atoms with van der Waals surface area (Å²) in [5, 5.41) is 0. The van der Waals surface area contributed by atoms with Crippen molar-refractivity contribution in [3.63, 3.8) is 0 Å². The largest absolute Gasteiger partial charge is 0.351 e.